The molecule has 2 aliphatic heterocycles. The van der Waals surface area contributed by atoms with Gasteiger partial charge in [-0.1, -0.05) is 44.5 Å². The molecule has 0 saturated carbocycles. The van der Waals surface area contributed by atoms with Crippen LogP contribution in [0.25, 0.3) is 11.1 Å². The van der Waals surface area contributed by atoms with Crippen molar-refractivity contribution in [2.24, 2.45) is 0 Å². The first-order chi connectivity index (χ1) is 12.7. The van der Waals surface area contributed by atoms with Gasteiger partial charge in [-0.15, -0.1) is 0 Å². The fourth-order valence-electron chi connectivity index (χ4n) is 3.79. The van der Waals surface area contributed by atoms with Gasteiger partial charge in [-0.2, -0.15) is 0 Å². The molecule has 8 heteroatoms. The summed E-state index contributed by atoms with van der Waals surface area (Å²) >= 11 is 5.57. The van der Waals surface area contributed by atoms with E-state index in [4.69, 9.17) is 12.2 Å². The fourth-order valence-corrected chi connectivity index (χ4v) is 7.08. The van der Waals surface area contributed by atoms with E-state index in [2.05, 4.69) is 0 Å². The molecule has 27 heavy (non-hydrogen) atoms. The van der Waals surface area contributed by atoms with Gasteiger partial charge in [0.1, 0.15) is 10.4 Å². The van der Waals surface area contributed by atoms with Crippen LogP contribution in [0.4, 0.5) is 5.69 Å². The maximum atomic E-state index is 13.3. The number of nitrogens with zero attached hydrogens (tertiary/aromatic N) is 2. The molecule has 0 atom stereocenters. The number of carbonyl (C=O) groups excluding carboxylic acids is 3. The quantitative estimate of drug-likeness (QED) is 0.416. The Morgan fingerprint density at radius 1 is 1.19 bits per heavy atom. The van der Waals surface area contributed by atoms with Gasteiger partial charge in [-0.25, -0.2) is 0 Å². The molecule has 4 rings (SSSR count). The summed E-state index contributed by atoms with van der Waals surface area (Å²) < 4.78 is 0.826. The van der Waals surface area contributed by atoms with Crippen LogP contribution in [-0.4, -0.2) is 29.2 Å². The van der Waals surface area contributed by atoms with E-state index in [0.29, 0.717) is 0 Å². The molecule has 0 radical (unpaired) electrons. The lowest BCUT2D eigenvalue weighted by Gasteiger charge is -2.43. The molecule has 5 nitrogen and oxygen atoms in total. The van der Waals surface area contributed by atoms with Gasteiger partial charge in [-0.3, -0.25) is 24.2 Å². The van der Waals surface area contributed by atoms with Gasteiger partial charge in [0.05, 0.1) is 16.1 Å². The third-order valence-electron chi connectivity index (χ3n) is 5.11. The van der Waals surface area contributed by atoms with Crippen molar-refractivity contribution in [3.05, 3.63) is 32.5 Å². The molecule has 1 saturated heterocycles. The summed E-state index contributed by atoms with van der Waals surface area (Å²) in [5.41, 5.74) is 3.22. The Morgan fingerprint density at radius 3 is 2.52 bits per heavy atom. The molecule has 3 amide bonds. The van der Waals surface area contributed by atoms with Crippen LogP contribution < -0.4 is 4.90 Å². The van der Waals surface area contributed by atoms with E-state index >= 15 is 0 Å². The zero-order valence-electron chi connectivity index (χ0n) is 15.2. The van der Waals surface area contributed by atoms with E-state index in [1.807, 2.05) is 39.0 Å². The van der Waals surface area contributed by atoms with Gasteiger partial charge in [0.2, 0.25) is 17.7 Å². The van der Waals surface area contributed by atoms with Crippen LogP contribution in [0.5, 0.6) is 0 Å². The van der Waals surface area contributed by atoms with Crippen molar-refractivity contribution in [1.82, 2.24) is 4.90 Å². The Bertz CT molecular complexity index is 1030. The zero-order valence-corrected chi connectivity index (χ0v) is 17.6. The number of aryl methyl sites for hydroxylation is 1. The van der Waals surface area contributed by atoms with Crippen molar-refractivity contribution in [2.75, 3.05) is 11.4 Å². The van der Waals surface area contributed by atoms with E-state index in [0.717, 1.165) is 36.0 Å². The summed E-state index contributed by atoms with van der Waals surface area (Å²) in [5, 5.41) is 0. The summed E-state index contributed by atoms with van der Waals surface area (Å²) in [6.07, 6.45) is 0.364. The number of likely N-dealkylation sites (tertiary alicyclic amines) is 1. The third-order valence-corrected chi connectivity index (χ3v) is 8.44. The van der Waals surface area contributed by atoms with Crippen molar-refractivity contribution in [2.45, 2.75) is 39.2 Å². The largest absolute Gasteiger partial charge is 0.300 e. The number of hydrogen-bond donors (Lipinski definition) is 0. The summed E-state index contributed by atoms with van der Waals surface area (Å²) in [4.78, 5) is 41.1. The Morgan fingerprint density at radius 2 is 1.85 bits per heavy atom. The number of rotatable bonds is 2. The van der Waals surface area contributed by atoms with E-state index in [1.165, 1.54) is 10.3 Å². The minimum atomic E-state index is -0.612. The van der Waals surface area contributed by atoms with Crippen LogP contribution in [0.1, 0.15) is 37.1 Å². The number of imide groups is 1. The Balaban J connectivity index is 1.83. The molecule has 1 aromatic carbocycles. The predicted octanol–water partition coefficient (Wildman–Crippen LogP) is 4.25. The molecule has 3 heterocycles. The van der Waals surface area contributed by atoms with Crippen LogP contribution in [0, 0.1) is 10.7 Å². The van der Waals surface area contributed by atoms with Crippen molar-refractivity contribution in [3.8, 4) is 11.1 Å². The van der Waals surface area contributed by atoms with E-state index in [-0.39, 0.29) is 37.1 Å². The number of anilines is 1. The van der Waals surface area contributed by atoms with Crippen molar-refractivity contribution in [3.63, 3.8) is 0 Å². The number of carbonyl (C=O) groups is 3. The minimum absolute atomic E-state index is 0.182. The summed E-state index contributed by atoms with van der Waals surface area (Å²) in [5.74, 6) is -0.818. The van der Waals surface area contributed by atoms with Gasteiger partial charge in [0.25, 0.3) is 0 Å². The fraction of sp³-hybridized carbons (Fsp3) is 0.368. The lowest BCUT2D eigenvalue weighted by atomic mass is 9.86. The van der Waals surface area contributed by atoms with Crippen LogP contribution in [0.2, 0.25) is 0 Å². The molecule has 0 aliphatic carbocycles. The summed E-state index contributed by atoms with van der Waals surface area (Å²) in [6.45, 7) is 5.75. The molecule has 0 spiro atoms. The molecule has 0 N–H and O–H groups in total. The van der Waals surface area contributed by atoms with Crippen LogP contribution >= 0.6 is 32.9 Å². The predicted molar refractivity (Wildman–Crippen MR) is 110 cm³/mol. The highest BCUT2D eigenvalue weighted by molar-refractivity contribution is 7.80. The lowest BCUT2D eigenvalue weighted by Crippen LogP contribution is -2.52. The topological polar surface area (TPSA) is 57.7 Å². The minimum Gasteiger partial charge on any atom is -0.300 e. The Kier molecular flexibility index (Phi) is 4.32. The number of benzene rings is 1. The summed E-state index contributed by atoms with van der Waals surface area (Å²) in [7, 11) is 3.13. The highest BCUT2D eigenvalue weighted by Gasteiger charge is 2.44. The maximum Gasteiger partial charge on any atom is 0.247 e. The molecule has 0 unspecified atom stereocenters. The average Bonchev–Trinajstić information content (AvgIpc) is 3.14. The average molecular weight is 419 g/mol. The standard InChI is InChI=1S/C19H18N2O3S3/c1-10-4-5-12-11(8-10)16-17(26-27-18(16)25)19(2,3)21(12)15(24)9-20-13(22)6-7-14(20)23/h4-5,8H,6-7,9H2,1-3H3. The molecule has 2 aromatic rings. The van der Waals surface area contributed by atoms with Crippen molar-refractivity contribution >= 4 is 56.3 Å². The maximum absolute atomic E-state index is 13.3. The second-order valence-electron chi connectivity index (χ2n) is 7.34. The highest BCUT2D eigenvalue weighted by Crippen LogP contribution is 2.52. The zero-order chi connectivity index (χ0) is 19.5. The Hall–Kier alpha value is -1.90. The second kappa shape index (κ2) is 6.32. The Labute approximate surface area is 169 Å². The molecule has 1 fully saturated rings. The molecule has 2 aliphatic rings. The van der Waals surface area contributed by atoms with Gasteiger partial charge < -0.3 is 0 Å². The van der Waals surface area contributed by atoms with Crippen LogP contribution in [0.3, 0.4) is 0 Å². The first-order valence-electron chi connectivity index (χ1n) is 8.62. The normalized spacial score (nSPS) is 17.9. The van der Waals surface area contributed by atoms with E-state index in [9.17, 15) is 14.4 Å². The molecular formula is C19H18N2O3S3. The number of amides is 3. The molecule has 1 aromatic heterocycles. The lowest BCUT2D eigenvalue weighted by molar-refractivity contribution is -0.142. The third kappa shape index (κ3) is 2.78. The summed E-state index contributed by atoms with van der Waals surface area (Å²) in [6, 6.07) is 5.94. The van der Waals surface area contributed by atoms with Gasteiger partial charge in [0, 0.05) is 24.0 Å². The molecular weight excluding hydrogens is 400 g/mol. The van der Waals surface area contributed by atoms with Gasteiger partial charge in [-0.05, 0) is 32.9 Å². The number of hydrogen-bond acceptors (Lipinski definition) is 6. The SMILES string of the molecule is Cc1ccc2c(c1)-c1c(ssc1=S)C(C)(C)N2C(=O)CN1C(=O)CCC1=O. The van der Waals surface area contributed by atoms with Crippen molar-refractivity contribution < 1.29 is 14.4 Å². The molecule has 0 bridgehead atoms. The van der Waals surface area contributed by atoms with Crippen LogP contribution in [-0.2, 0) is 19.9 Å². The van der Waals surface area contributed by atoms with E-state index in [1.54, 1.807) is 15.2 Å². The van der Waals surface area contributed by atoms with E-state index < -0.39 is 5.54 Å². The first-order valence-corrected chi connectivity index (χ1v) is 11.2. The van der Waals surface area contributed by atoms with Gasteiger partial charge in [0.15, 0.2) is 0 Å². The van der Waals surface area contributed by atoms with Crippen LogP contribution in [0.15, 0.2) is 18.2 Å². The molecule has 140 valence electrons. The smallest absolute Gasteiger partial charge is 0.247 e. The number of fused-ring (bicyclic) bond motifs is 3. The van der Waals surface area contributed by atoms with Gasteiger partial charge >= 0.3 is 0 Å². The van der Waals surface area contributed by atoms with Crippen molar-refractivity contribution in [1.29, 1.82) is 0 Å². The monoisotopic (exact) mass is 418 g/mol. The second-order valence-corrected chi connectivity index (χ2v) is 10.2. The highest BCUT2D eigenvalue weighted by atomic mass is 32.9. The first kappa shape index (κ1) is 18.5.